The highest BCUT2D eigenvalue weighted by molar-refractivity contribution is 7.17. The molecule has 8 heteroatoms. The number of nitrogens with one attached hydrogen (secondary N) is 1. The van der Waals surface area contributed by atoms with Crippen molar-refractivity contribution in [2.24, 2.45) is 0 Å². The molecule has 4 aromatic rings. The summed E-state index contributed by atoms with van der Waals surface area (Å²) < 4.78 is 5.49. The van der Waals surface area contributed by atoms with Crippen LogP contribution in [-0.2, 0) is 12.8 Å². The van der Waals surface area contributed by atoms with Crippen molar-refractivity contribution in [3.05, 3.63) is 64.4 Å². The van der Waals surface area contributed by atoms with E-state index >= 15 is 0 Å². The number of halogens is 1. The average molecular weight is 433 g/mol. The predicted octanol–water partition coefficient (Wildman–Crippen LogP) is 5.08. The van der Waals surface area contributed by atoms with Crippen LogP contribution in [-0.4, -0.2) is 28.2 Å². The molecule has 146 valence electrons. The van der Waals surface area contributed by atoms with Crippen molar-refractivity contribution >= 4 is 35.1 Å². The molecule has 0 radical (unpaired) electrons. The van der Waals surface area contributed by atoms with Gasteiger partial charge in [-0.25, -0.2) is 4.98 Å². The van der Waals surface area contributed by atoms with Crippen LogP contribution < -0.4 is 5.32 Å². The van der Waals surface area contributed by atoms with Gasteiger partial charge in [0.05, 0.1) is 17.0 Å². The SMILES string of the molecule is CNC(C)Cc1noc(Cc2sc(-c3ccccc3)nc2-c2cccs2)n1.Cl. The summed E-state index contributed by atoms with van der Waals surface area (Å²) in [6.45, 7) is 2.10. The number of nitrogens with zero attached hydrogens (tertiary/aromatic N) is 3. The lowest BCUT2D eigenvalue weighted by Crippen LogP contribution is -2.24. The van der Waals surface area contributed by atoms with Crippen LogP contribution in [0.15, 0.2) is 52.4 Å². The van der Waals surface area contributed by atoms with E-state index in [0.29, 0.717) is 18.4 Å². The van der Waals surface area contributed by atoms with Crippen LogP contribution in [0.3, 0.4) is 0 Å². The van der Waals surface area contributed by atoms with Gasteiger partial charge >= 0.3 is 0 Å². The minimum absolute atomic E-state index is 0. The number of benzene rings is 1. The Morgan fingerprint density at radius 1 is 1.11 bits per heavy atom. The fourth-order valence-corrected chi connectivity index (χ4v) is 4.62. The van der Waals surface area contributed by atoms with Crippen molar-refractivity contribution < 1.29 is 4.52 Å². The molecule has 4 rings (SSSR count). The molecule has 1 aromatic carbocycles. The molecule has 0 spiro atoms. The maximum Gasteiger partial charge on any atom is 0.231 e. The highest BCUT2D eigenvalue weighted by atomic mass is 35.5. The molecule has 3 heterocycles. The van der Waals surface area contributed by atoms with Gasteiger partial charge in [-0.3, -0.25) is 0 Å². The van der Waals surface area contributed by atoms with Crippen molar-refractivity contribution in [2.75, 3.05) is 7.05 Å². The zero-order valence-electron chi connectivity index (χ0n) is 15.6. The van der Waals surface area contributed by atoms with Crippen LogP contribution in [0.5, 0.6) is 0 Å². The summed E-state index contributed by atoms with van der Waals surface area (Å²) in [4.78, 5) is 11.8. The second-order valence-corrected chi connectivity index (χ2v) is 8.34. The van der Waals surface area contributed by atoms with Gasteiger partial charge in [-0.15, -0.1) is 35.1 Å². The van der Waals surface area contributed by atoms with E-state index in [4.69, 9.17) is 9.51 Å². The van der Waals surface area contributed by atoms with Gasteiger partial charge < -0.3 is 9.84 Å². The first-order valence-corrected chi connectivity index (χ1v) is 10.5. The first kappa shape index (κ1) is 20.7. The molecule has 0 aliphatic heterocycles. The molecule has 0 fully saturated rings. The van der Waals surface area contributed by atoms with Gasteiger partial charge in [-0.2, -0.15) is 4.98 Å². The maximum absolute atomic E-state index is 5.49. The lowest BCUT2D eigenvalue weighted by Gasteiger charge is -2.04. The standard InChI is InChI=1S/C20H20N4OS2.ClH/c1-13(21-2)11-17-22-18(25-24-17)12-16-19(15-9-6-10-26-15)23-20(27-16)14-7-4-3-5-8-14;/h3-10,13,21H,11-12H2,1-2H3;1H. The van der Waals surface area contributed by atoms with Crippen LogP contribution in [0.2, 0.25) is 0 Å². The van der Waals surface area contributed by atoms with Crippen molar-refractivity contribution in [1.29, 1.82) is 0 Å². The summed E-state index contributed by atoms with van der Waals surface area (Å²) in [5.74, 6) is 1.37. The lowest BCUT2D eigenvalue weighted by molar-refractivity contribution is 0.378. The third-order valence-electron chi connectivity index (χ3n) is 4.28. The van der Waals surface area contributed by atoms with Crippen LogP contribution in [0, 0.1) is 0 Å². The van der Waals surface area contributed by atoms with Gasteiger partial charge in [0, 0.05) is 22.9 Å². The van der Waals surface area contributed by atoms with Crippen LogP contribution in [0.4, 0.5) is 0 Å². The topological polar surface area (TPSA) is 63.8 Å². The minimum atomic E-state index is 0. The third-order valence-corrected chi connectivity index (χ3v) is 6.26. The highest BCUT2D eigenvalue weighted by Crippen LogP contribution is 2.36. The van der Waals surface area contributed by atoms with E-state index in [0.717, 1.165) is 38.3 Å². The molecule has 0 saturated heterocycles. The first-order valence-electron chi connectivity index (χ1n) is 8.80. The molecule has 3 aromatic heterocycles. The summed E-state index contributed by atoms with van der Waals surface area (Å²) in [6.07, 6.45) is 1.34. The molecule has 28 heavy (non-hydrogen) atoms. The Kier molecular flexibility index (Phi) is 6.96. The van der Waals surface area contributed by atoms with E-state index < -0.39 is 0 Å². The smallest absolute Gasteiger partial charge is 0.231 e. The number of aromatic nitrogens is 3. The van der Waals surface area contributed by atoms with Crippen LogP contribution >= 0.6 is 35.1 Å². The second kappa shape index (κ2) is 9.43. The van der Waals surface area contributed by atoms with Gasteiger partial charge in [0.1, 0.15) is 5.01 Å². The molecular formula is C20H21ClN4OS2. The molecule has 0 aliphatic rings. The number of hydrogen-bond acceptors (Lipinski definition) is 7. The van der Waals surface area contributed by atoms with E-state index in [-0.39, 0.29) is 12.4 Å². The fourth-order valence-electron chi connectivity index (χ4n) is 2.74. The largest absolute Gasteiger partial charge is 0.339 e. The molecule has 0 saturated carbocycles. The molecule has 0 bridgehead atoms. The molecule has 0 amide bonds. The molecule has 0 aliphatic carbocycles. The Morgan fingerprint density at radius 3 is 2.64 bits per heavy atom. The van der Waals surface area contributed by atoms with E-state index in [1.54, 1.807) is 22.7 Å². The number of hydrogen-bond donors (Lipinski definition) is 1. The summed E-state index contributed by atoms with van der Waals surface area (Å²) in [6, 6.07) is 14.7. The third kappa shape index (κ3) is 4.67. The van der Waals surface area contributed by atoms with Crippen molar-refractivity contribution in [3.63, 3.8) is 0 Å². The quantitative estimate of drug-likeness (QED) is 0.441. The first-order chi connectivity index (χ1) is 13.2. The van der Waals surface area contributed by atoms with Gasteiger partial charge in [0.25, 0.3) is 0 Å². The molecule has 1 atom stereocenters. The normalized spacial score (nSPS) is 11.9. The van der Waals surface area contributed by atoms with Crippen molar-refractivity contribution in [2.45, 2.75) is 25.8 Å². The number of thiazole rings is 1. The Morgan fingerprint density at radius 2 is 1.93 bits per heavy atom. The van der Waals surface area contributed by atoms with Crippen molar-refractivity contribution in [3.8, 4) is 21.1 Å². The zero-order valence-corrected chi connectivity index (χ0v) is 18.0. The summed E-state index contributed by atoms with van der Waals surface area (Å²) >= 11 is 3.38. The van der Waals surface area contributed by atoms with E-state index in [1.165, 1.54) is 0 Å². The summed E-state index contributed by atoms with van der Waals surface area (Å²) in [5.41, 5.74) is 2.14. The van der Waals surface area contributed by atoms with Crippen molar-refractivity contribution in [1.82, 2.24) is 20.4 Å². The highest BCUT2D eigenvalue weighted by Gasteiger charge is 2.18. The van der Waals surface area contributed by atoms with Gasteiger partial charge in [-0.1, -0.05) is 41.6 Å². The Balaban J connectivity index is 0.00000225. The van der Waals surface area contributed by atoms with Crippen LogP contribution in [0.25, 0.3) is 21.1 Å². The maximum atomic E-state index is 5.49. The Hall–Kier alpha value is -2.06. The Labute approximate surface area is 178 Å². The van der Waals surface area contributed by atoms with Crippen LogP contribution in [0.1, 0.15) is 23.5 Å². The Bertz CT molecular complexity index is 999. The van der Waals surface area contributed by atoms with E-state index in [2.05, 4.69) is 52.0 Å². The van der Waals surface area contributed by atoms with Gasteiger partial charge in [0.2, 0.25) is 5.89 Å². The molecular weight excluding hydrogens is 412 g/mol. The fraction of sp³-hybridized carbons (Fsp3) is 0.250. The lowest BCUT2D eigenvalue weighted by atomic mass is 10.2. The van der Waals surface area contributed by atoms with Gasteiger partial charge in [-0.05, 0) is 25.4 Å². The monoisotopic (exact) mass is 432 g/mol. The second-order valence-electron chi connectivity index (χ2n) is 6.31. The average Bonchev–Trinajstić information content (AvgIpc) is 3.43. The zero-order chi connectivity index (χ0) is 18.6. The minimum Gasteiger partial charge on any atom is -0.339 e. The molecule has 5 nitrogen and oxygen atoms in total. The van der Waals surface area contributed by atoms with E-state index in [1.807, 2.05) is 25.2 Å². The molecule has 1 N–H and O–H groups in total. The number of rotatable bonds is 7. The number of thiophene rings is 1. The van der Waals surface area contributed by atoms with Gasteiger partial charge in [0.15, 0.2) is 5.82 Å². The van der Waals surface area contributed by atoms with E-state index in [9.17, 15) is 0 Å². The number of likely N-dealkylation sites (N-methyl/N-ethyl adjacent to an activating group) is 1. The summed E-state index contributed by atoms with van der Waals surface area (Å²) in [5, 5.41) is 10.4. The molecule has 1 unspecified atom stereocenters. The predicted molar refractivity (Wildman–Crippen MR) is 117 cm³/mol. The summed E-state index contributed by atoms with van der Waals surface area (Å²) in [7, 11) is 1.93.